The van der Waals surface area contributed by atoms with Crippen LogP contribution in [0.4, 0.5) is 0 Å². The zero-order valence-electron chi connectivity index (χ0n) is 12.8. The van der Waals surface area contributed by atoms with Crippen LogP contribution in [0.5, 0.6) is 5.75 Å². The lowest BCUT2D eigenvalue weighted by atomic mass is 9.99. The van der Waals surface area contributed by atoms with E-state index in [2.05, 4.69) is 24.4 Å². The average Bonchev–Trinajstić information content (AvgIpc) is 2.39. The van der Waals surface area contributed by atoms with Crippen molar-refractivity contribution in [3.8, 4) is 5.75 Å². The molecule has 0 bridgehead atoms. The van der Waals surface area contributed by atoms with Gasteiger partial charge in [0.2, 0.25) is 0 Å². The molecule has 0 amide bonds. The molecule has 3 heteroatoms. The molecule has 0 heterocycles. The third-order valence-electron chi connectivity index (χ3n) is 3.08. The molecule has 2 atom stereocenters. The quantitative estimate of drug-likeness (QED) is 0.779. The first-order valence-corrected chi connectivity index (χ1v) is 7.17. The van der Waals surface area contributed by atoms with Crippen LogP contribution in [0.1, 0.15) is 45.7 Å². The van der Waals surface area contributed by atoms with Crippen LogP contribution in [-0.2, 0) is 4.74 Å². The summed E-state index contributed by atoms with van der Waals surface area (Å²) in [4.78, 5) is 0. The maximum atomic E-state index is 5.80. The Hall–Kier alpha value is -1.06. The van der Waals surface area contributed by atoms with E-state index in [9.17, 15) is 0 Å². The molecule has 1 rings (SSSR count). The summed E-state index contributed by atoms with van der Waals surface area (Å²) >= 11 is 0. The SMILES string of the molecule is CCOC(CC)C(NC)c1ccc(OC(C)C)cc1. The largest absolute Gasteiger partial charge is 0.491 e. The Morgan fingerprint density at radius 3 is 2.16 bits per heavy atom. The predicted molar refractivity (Wildman–Crippen MR) is 79.7 cm³/mol. The van der Waals surface area contributed by atoms with Gasteiger partial charge in [-0.2, -0.15) is 0 Å². The van der Waals surface area contributed by atoms with Crippen molar-refractivity contribution in [3.05, 3.63) is 29.8 Å². The molecule has 0 aliphatic heterocycles. The first kappa shape index (κ1) is 16.0. The van der Waals surface area contributed by atoms with Crippen LogP contribution < -0.4 is 10.1 Å². The van der Waals surface area contributed by atoms with E-state index in [0.717, 1.165) is 18.8 Å². The van der Waals surface area contributed by atoms with E-state index in [0.29, 0.717) is 0 Å². The van der Waals surface area contributed by atoms with Crippen molar-refractivity contribution in [2.75, 3.05) is 13.7 Å². The molecule has 0 aliphatic carbocycles. The fraction of sp³-hybridized carbons (Fsp3) is 0.625. The standard InChI is InChI=1S/C16H27NO2/c1-6-15(18-7-2)16(17-5)13-8-10-14(11-9-13)19-12(3)4/h8-12,15-17H,6-7H2,1-5H3. The summed E-state index contributed by atoms with van der Waals surface area (Å²) in [5.41, 5.74) is 1.24. The van der Waals surface area contributed by atoms with E-state index >= 15 is 0 Å². The van der Waals surface area contributed by atoms with Gasteiger partial charge >= 0.3 is 0 Å². The van der Waals surface area contributed by atoms with Crippen LogP contribution in [0.15, 0.2) is 24.3 Å². The van der Waals surface area contributed by atoms with Crippen molar-refractivity contribution < 1.29 is 9.47 Å². The van der Waals surface area contributed by atoms with Gasteiger partial charge in [0.1, 0.15) is 5.75 Å². The van der Waals surface area contributed by atoms with Gasteiger partial charge in [-0.3, -0.25) is 0 Å². The molecule has 0 aliphatic rings. The van der Waals surface area contributed by atoms with Gasteiger partial charge in [0.15, 0.2) is 0 Å². The van der Waals surface area contributed by atoms with E-state index < -0.39 is 0 Å². The first-order valence-electron chi connectivity index (χ1n) is 7.17. The van der Waals surface area contributed by atoms with Gasteiger partial charge in [0.05, 0.1) is 18.2 Å². The van der Waals surface area contributed by atoms with Gasteiger partial charge in [-0.05, 0) is 51.9 Å². The monoisotopic (exact) mass is 265 g/mol. The summed E-state index contributed by atoms with van der Waals surface area (Å²) in [7, 11) is 1.98. The molecule has 0 radical (unpaired) electrons. The number of likely N-dealkylation sites (N-methyl/N-ethyl adjacent to an activating group) is 1. The van der Waals surface area contributed by atoms with Gasteiger partial charge in [-0.15, -0.1) is 0 Å². The number of nitrogens with one attached hydrogen (secondary N) is 1. The molecule has 1 N–H and O–H groups in total. The van der Waals surface area contributed by atoms with Gasteiger partial charge in [0, 0.05) is 6.61 Å². The van der Waals surface area contributed by atoms with Crippen molar-refractivity contribution in [1.29, 1.82) is 0 Å². The third-order valence-corrected chi connectivity index (χ3v) is 3.08. The second kappa shape index (κ2) is 8.18. The normalized spacial score (nSPS) is 14.4. The minimum Gasteiger partial charge on any atom is -0.491 e. The lowest BCUT2D eigenvalue weighted by Gasteiger charge is -2.26. The lowest BCUT2D eigenvalue weighted by molar-refractivity contribution is 0.0334. The van der Waals surface area contributed by atoms with Crippen molar-refractivity contribution >= 4 is 0 Å². The smallest absolute Gasteiger partial charge is 0.119 e. The van der Waals surface area contributed by atoms with Crippen LogP contribution in [0.3, 0.4) is 0 Å². The molecule has 3 nitrogen and oxygen atoms in total. The zero-order valence-corrected chi connectivity index (χ0v) is 12.8. The van der Waals surface area contributed by atoms with Crippen LogP contribution in [0.2, 0.25) is 0 Å². The Bertz CT molecular complexity index is 348. The molecule has 0 saturated heterocycles. The minimum atomic E-state index is 0.201. The molecular weight excluding hydrogens is 238 g/mol. The molecule has 19 heavy (non-hydrogen) atoms. The molecule has 1 aromatic carbocycles. The Morgan fingerprint density at radius 1 is 1.11 bits per heavy atom. The lowest BCUT2D eigenvalue weighted by Crippen LogP contribution is -2.31. The minimum absolute atomic E-state index is 0.201. The molecule has 0 spiro atoms. The maximum Gasteiger partial charge on any atom is 0.119 e. The van der Waals surface area contributed by atoms with E-state index in [1.807, 2.05) is 40.0 Å². The summed E-state index contributed by atoms with van der Waals surface area (Å²) in [6.07, 6.45) is 1.40. The Labute approximate surface area is 117 Å². The summed E-state index contributed by atoms with van der Waals surface area (Å²) < 4.78 is 11.5. The summed E-state index contributed by atoms with van der Waals surface area (Å²) in [5.74, 6) is 0.915. The average molecular weight is 265 g/mol. The summed E-state index contributed by atoms with van der Waals surface area (Å²) in [6.45, 7) is 9.00. The first-order chi connectivity index (χ1) is 9.12. The molecule has 0 saturated carbocycles. The third kappa shape index (κ3) is 4.84. The fourth-order valence-corrected chi connectivity index (χ4v) is 2.26. The highest BCUT2D eigenvalue weighted by Crippen LogP contribution is 2.24. The number of rotatable bonds is 8. The number of hydrogen-bond acceptors (Lipinski definition) is 3. The van der Waals surface area contributed by atoms with Crippen LogP contribution in [0.25, 0.3) is 0 Å². The molecule has 108 valence electrons. The van der Waals surface area contributed by atoms with Crippen molar-refractivity contribution in [1.82, 2.24) is 5.32 Å². The maximum absolute atomic E-state index is 5.80. The Balaban J connectivity index is 2.80. The van der Waals surface area contributed by atoms with E-state index in [-0.39, 0.29) is 18.2 Å². The van der Waals surface area contributed by atoms with E-state index in [1.54, 1.807) is 0 Å². The number of hydrogen-bond donors (Lipinski definition) is 1. The van der Waals surface area contributed by atoms with Crippen molar-refractivity contribution in [3.63, 3.8) is 0 Å². The Kier molecular flexibility index (Phi) is 6.89. The van der Waals surface area contributed by atoms with Crippen LogP contribution >= 0.6 is 0 Å². The molecule has 2 unspecified atom stereocenters. The van der Waals surface area contributed by atoms with Crippen molar-refractivity contribution in [2.24, 2.45) is 0 Å². The van der Waals surface area contributed by atoms with E-state index in [4.69, 9.17) is 9.47 Å². The summed E-state index contributed by atoms with van der Waals surface area (Å²) in [6, 6.07) is 8.50. The number of benzene rings is 1. The second-order valence-corrected chi connectivity index (χ2v) is 4.90. The predicted octanol–water partition coefficient (Wildman–Crippen LogP) is 3.55. The van der Waals surface area contributed by atoms with Gasteiger partial charge < -0.3 is 14.8 Å². The van der Waals surface area contributed by atoms with Gasteiger partial charge in [-0.25, -0.2) is 0 Å². The molecule has 0 fully saturated rings. The Morgan fingerprint density at radius 2 is 1.74 bits per heavy atom. The molecule has 0 aromatic heterocycles. The zero-order chi connectivity index (χ0) is 14.3. The van der Waals surface area contributed by atoms with E-state index in [1.165, 1.54) is 5.56 Å². The second-order valence-electron chi connectivity index (χ2n) is 4.90. The van der Waals surface area contributed by atoms with Crippen LogP contribution in [-0.4, -0.2) is 25.9 Å². The number of ether oxygens (including phenoxy) is 2. The fourth-order valence-electron chi connectivity index (χ4n) is 2.26. The topological polar surface area (TPSA) is 30.5 Å². The van der Waals surface area contributed by atoms with Gasteiger partial charge in [-0.1, -0.05) is 19.1 Å². The van der Waals surface area contributed by atoms with Crippen molar-refractivity contribution in [2.45, 2.75) is 52.4 Å². The van der Waals surface area contributed by atoms with Crippen LogP contribution in [0, 0.1) is 0 Å². The molecular formula is C16H27NO2. The highest BCUT2D eigenvalue weighted by Gasteiger charge is 2.20. The highest BCUT2D eigenvalue weighted by atomic mass is 16.5. The van der Waals surface area contributed by atoms with Gasteiger partial charge in [0.25, 0.3) is 0 Å². The molecule has 1 aromatic rings. The highest BCUT2D eigenvalue weighted by molar-refractivity contribution is 5.30. The summed E-state index contributed by atoms with van der Waals surface area (Å²) in [5, 5.41) is 3.35.